The Balaban J connectivity index is 1.75. The third-order valence-electron chi connectivity index (χ3n) is 3.09. The monoisotopic (exact) mass is 379 g/mol. The smallest absolute Gasteiger partial charge is 0.331 e. The molecule has 0 N–H and O–H groups in total. The minimum atomic E-state index is -0.504. The molecule has 0 bridgehead atoms. The summed E-state index contributed by atoms with van der Waals surface area (Å²) in [5.41, 5.74) is 3.67. The Hall–Kier alpha value is -2.15. The number of carbonyl (C=O) groups is 1. The maximum absolute atomic E-state index is 11.8. The molecule has 1 aromatic carbocycles. The molecule has 0 aliphatic heterocycles. The Morgan fingerprint density at radius 2 is 2.08 bits per heavy atom. The molecule has 0 aliphatic rings. The quantitative estimate of drug-likeness (QED) is 0.487. The SMILES string of the molecule is O=C(/C=C/c1cscn1)OCc1c(Cl)nc(Cl)n1-c1ccccc1. The maximum Gasteiger partial charge on any atom is 0.331 e. The fraction of sp³-hybridized carbons (Fsp3) is 0.0625. The molecule has 0 radical (unpaired) electrons. The van der Waals surface area contributed by atoms with Gasteiger partial charge in [-0.15, -0.1) is 11.3 Å². The van der Waals surface area contributed by atoms with Gasteiger partial charge in [-0.25, -0.2) is 14.8 Å². The van der Waals surface area contributed by atoms with Crippen LogP contribution in [-0.2, 0) is 16.1 Å². The molecular weight excluding hydrogens is 369 g/mol. The number of aromatic nitrogens is 3. The summed E-state index contributed by atoms with van der Waals surface area (Å²) in [6, 6.07) is 9.34. The normalized spacial score (nSPS) is 11.1. The number of para-hydroxylation sites is 1. The van der Waals surface area contributed by atoms with Gasteiger partial charge in [0.1, 0.15) is 12.3 Å². The van der Waals surface area contributed by atoms with Gasteiger partial charge in [0.25, 0.3) is 0 Å². The zero-order valence-corrected chi connectivity index (χ0v) is 14.6. The van der Waals surface area contributed by atoms with Gasteiger partial charge in [-0.2, -0.15) is 0 Å². The second-order valence-electron chi connectivity index (χ2n) is 4.64. The van der Waals surface area contributed by atoms with Gasteiger partial charge in [-0.1, -0.05) is 29.8 Å². The van der Waals surface area contributed by atoms with Crippen molar-refractivity contribution in [2.24, 2.45) is 0 Å². The van der Waals surface area contributed by atoms with Crippen LogP contribution < -0.4 is 0 Å². The predicted octanol–water partition coefficient (Wildman–Crippen LogP) is 4.39. The summed E-state index contributed by atoms with van der Waals surface area (Å²) in [7, 11) is 0. The molecule has 3 rings (SSSR count). The van der Waals surface area contributed by atoms with E-state index in [1.807, 2.05) is 35.7 Å². The molecular formula is C16H11Cl2N3O2S. The van der Waals surface area contributed by atoms with Crippen LogP contribution in [0.1, 0.15) is 11.4 Å². The largest absolute Gasteiger partial charge is 0.456 e. The van der Waals surface area contributed by atoms with E-state index in [-0.39, 0.29) is 17.0 Å². The van der Waals surface area contributed by atoms with Crippen molar-refractivity contribution >= 4 is 46.6 Å². The van der Waals surface area contributed by atoms with Gasteiger partial charge in [0.05, 0.1) is 11.2 Å². The maximum atomic E-state index is 11.8. The number of halogens is 2. The molecule has 2 aromatic heterocycles. The molecule has 8 heteroatoms. The van der Waals surface area contributed by atoms with E-state index in [2.05, 4.69) is 9.97 Å². The lowest BCUT2D eigenvalue weighted by molar-refractivity contribution is -0.139. The van der Waals surface area contributed by atoms with E-state index in [9.17, 15) is 4.79 Å². The van der Waals surface area contributed by atoms with Gasteiger partial charge in [-0.3, -0.25) is 4.57 Å². The number of hydrogen-bond donors (Lipinski definition) is 0. The van der Waals surface area contributed by atoms with Crippen molar-refractivity contribution in [3.05, 3.63) is 69.1 Å². The van der Waals surface area contributed by atoms with E-state index in [1.54, 1.807) is 16.2 Å². The Morgan fingerprint density at radius 1 is 1.29 bits per heavy atom. The summed E-state index contributed by atoms with van der Waals surface area (Å²) in [6.45, 7) is -0.0479. The highest BCUT2D eigenvalue weighted by Crippen LogP contribution is 2.26. The van der Waals surface area contributed by atoms with Gasteiger partial charge < -0.3 is 4.74 Å². The molecule has 0 fully saturated rings. The van der Waals surface area contributed by atoms with Crippen molar-refractivity contribution in [2.45, 2.75) is 6.61 Å². The lowest BCUT2D eigenvalue weighted by Gasteiger charge is -2.09. The summed E-state index contributed by atoms with van der Waals surface area (Å²) in [6.07, 6.45) is 2.90. The van der Waals surface area contributed by atoms with Crippen LogP contribution in [0.25, 0.3) is 11.8 Å². The van der Waals surface area contributed by atoms with Crippen molar-refractivity contribution in [2.75, 3.05) is 0 Å². The van der Waals surface area contributed by atoms with Crippen LogP contribution in [0, 0.1) is 0 Å². The Kier molecular flexibility index (Phi) is 5.30. The van der Waals surface area contributed by atoms with E-state index >= 15 is 0 Å². The third kappa shape index (κ3) is 3.84. The first-order valence-corrected chi connectivity index (χ1v) is 8.56. The number of rotatable bonds is 5. The van der Waals surface area contributed by atoms with E-state index in [1.165, 1.54) is 17.4 Å². The Labute approximate surface area is 152 Å². The van der Waals surface area contributed by atoms with Crippen LogP contribution in [0.2, 0.25) is 10.4 Å². The van der Waals surface area contributed by atoms with Crippen LogP contribution in [0.5, 0.6) is 0 Å². The second-order valence-corrected chi connectivity index (χ2v) is 6.06. The molecule has 5 nitrogen and oxygen atoms in total. The summed E-state index contributed by atoms with van der Waals surface area (Å²) in [5.74, 6) is -0.504. The lowest BCUT2D eigenvalue weighted by Crippen LogP contribution is -2.06. The lowest BCUT2D eigenvalue weighted by atomic mass is 10.3. The number of benzene rings is 1. The second kappa shape index (κ2) is 7.61. The average Bonchev–Trinajstić information content (AvgIpc) is 3.19. The highest BCUT2D eigenvalue weighted by molar-refractivity contribution is 7.07. The predicted molar refractivity (Wildman–Crippen MR) is 94.5 cm³/mol. The van der Waals surface area contributed by atoms with Gasteiger partial charge in [0, 0.05) is 17.1 Å². The fourth-order valence-electron chi connectivity index (χ4n) is 2.01. The summed E-state index contributed by atoms with van der Waals surface area (Å²) in [4.78, 5) is 19.9. The van der Waals surface area contributed by atoms with Crippen molar-refractivity contribution in [1.29, 1.82) is 0 Å². The zero-order valence-electron chi connectivity index (χ0n) is 12.2. The molecule has 0 aliphatic carbocycles. The number of ether oxygens (including phenoxy) is 1. The highest BCUT2D eigenvalue weighted by atomic mass is 35.5. The molecule has 0 saturated heterocycles. The fourth-order valence-corrected chi connectivity index (χ4v) is 3.08. The van der Waals surface area contributed by atoms with Crippen LogP contribution in [-0.4, -0.2) is 20.5 Å². The summed E-state index contributed by atoms with van der Waals surface area (Å²) in [5, 5.41) is 2.22. The average molecular weight is 380 g/mol. The first-order chi connectivity index (χ1) is 11.6. The summed E-state index contributed by atoms with van der Waals surface area (Å²) < 4.78 is 6.87. The Bertz CT molecular complexity index is 861. The number of thiazole rings is 1. The summed E-state index contributed by atoms with van der Waals surface area (Å²) >= 11 is 13.7. The Morgan fingerprint density at radius 3 is 2.79 bits per heavy atom. The first-order valence-electron chi connectivity index (χ1n) is 6.86. The molecule has 0 spiro atoms. The molecule has 0 unspecified atom stereocenters. The minimum Gasteiger partial charge on any atom is -0.456 e. The van der Waals surface area contributed by atoms with Gasteiger partial charge >= 0.3 is 5.97 Å². The topological polar surface area (TPSA) is 57.0 Å². The van der Waals surface area contributed by atoms with Crippen molar-refractivity contribution < 1.29 is 9.53 Å². The van der Waals surface area contributed by atoms with Gasteiger partial charge in [0.2, 0.25) is 5.28 Å². The molecule has 0 atom stereocenters. The zero-order chi connectivity index (χ0) is 16.9. The first kappa shape index (κ1) is 16.7. The van der Waals surface area contributed by atoms with Crippen LogP contribution >= 0.6 is 34.5 Å². The van der Waals surface area contributed by atoms with E-state index in [4.69, 9.17) is 27.9 Å². The molecule has 0 amide bonds. The van der Waals surface area contributed by atoms with E-state index in [0.717, 1.165) is 5.69 Å². The molecule has 3 aromatic rings. The van der Waals surface area contributed by atoms with Crippen molar-refractivity contribution in [3.63, 3.8) is 0 Å². The number of esters is 1. The molecule has 122 valence electrons. The third-order valence-corrected chi connectivity index (χ3v) is 4.25. The highest BCUT2D eigenvalue weighted by Gasteiger charge is 2.17. The number of nitrogens with zero attached hydrogens (tertiary/aromatic N) is 3. The van der Waals surface area contributed by atoms with Crippen LogP contribution in [0.4, 0.5) is 0 Å². The van der Waals surface area contributed by atoms with Crippen LogP contribution in [0.15, 0.2) is 47.3 Å². The van der Waals surface area contributed by atoms with Gasteiger partial charge in [0.15, 0.2) is 5.15 Å². The minimum absolute atomic E-state index is 0.0479. The van der Waals surface area contributed by atoms with E-state index in [0.29, 0.717) is 11.4 Å². The van der Waals surface area contributed by atoms with Gasteiger partial charge in [-0.05, 0) is 29.8 Å². The van der Waals surface area contributed by atoms with Crippen molar-refractivity contribution in [3.8, 4) is 5.69 Å². The number of hydrogen-bond acceptors (Lipinski definition) is 5. The van der Waals surface area contributed by atoms with Crippen LogP contribution in [0.3, 0.4) is 0 Å². The van der Waals surface area contributed by atoms with E-state index < -0.39 is 5.97 Å². The number of carbonyl (C=O) groups excluding carboxylic acids is 1. The standard InChI is InChI=1S/C16H11Cl2N3O2S/c17-15-13(8-23-14(22)7-6-11-9-24-10-19-11)21(16(18)20-15)12-4-2-1-3-5-12/h1-7,9-10H,8H2/b7-6+. The molecule has 2 heterocycles. The van der Waals surface area contributed by atoms with Crippen molar-refractivity contribution in [1.82, 2.24) is 14.5 Å². The number of imidazole rings is 1. The molecule has 0 saturated carbocycles. The molecule has 24 heavy (non-hydrogen) atoms.